The zero-order chi connectivity index (χ0) is 25.4. The number of aromatic carboxylic acids is 2. The Bertz CT molecular complexity index is 1300. The summed E-state index contributed by atoms with van der Waals surface area (Å²) < 4.78 is 0. The molecule has 2 heterocycles. The monoisotopic (exact) mass is 648 g/mol. The number of aliphatic carboxylic acids is 2. The van der Waals surface area contributed by atoms with E-state index in [0.717, 1.165) is 13.8 Å². The molecule has 0 amide bonds. The van der Waals surface area contributed by atoms with Crippen molar-refractivity contribution < 1.29 is 163 Å². The van der Waals surface area contributed by atoms with E-state index in [1.165, 1.54) is 12.1 Å². The van der Waals surface area contributed by atoms with Crippen LogP contribution >= 0.6 is 0 Å². The Morgan fingerprint density at radius 1 is 0.595 bits per heavy atom. The van der Waals surface area contributed by atoms with Crippen molar-refractivity contribution in [3.63, 3.8) is 0 Å². The Kier molecular flexibility index (Phi) is 19.0. The van der Waals surface area contributed by atoms with E-state index in [2.05, 4.69) is 9.97 Å². The maximum atomic E-state index is 11.6. The summed E-state index contributed by atoms with van der Waals surface area (Å²) in [4.78, 5) is 50.2. The van der Waals surface area contributed by atoms with Gasteiger partial charge in [-0.1, -0.05) is 36.4 Å². The molecule has 2 aromatic carbocycles. The van der Waals surface area contributed by atoms with E-state index in [1.54, 1.807) is 48.5 Å². The molecular formula is C24H20K2N2O8Pd+2. The molecule has 0 atom stereocenters. The van der Waals surface area contributed by atoms with E-state index in [-0.39, 0.29) is 134 Å². The average Bonchev–Trinajstić information content (AvgIpc) is 2.76. The van der Waals surface area contributed by atoms with Crippen molar-refractivity contribution in [3.05, 3.63) is 71.8 Å². The molecule has 4 N–H and O–H groups in total. The van der Waals surface area contributed by atoms with Crippen LogP contribution in [0.5, 0.6) is 0 Å². The summed E-state index contributed by atoms with van der Waals surface area (Å²) in [5, 5.41) is 34.9. The van der Waals surface area contributed by atoms with E-state index >= 15 is 0 Å². The molecule has 0 saturated carbocycles. The van der Waals surface area contributed by atoms with E-state index in [1.807, 2.05) is 0 Å². The van der Waals surface area contributed by atoms with Crippen molar-refractivity contribution >= 4 is 45.7 Å². The topological polar surface area (TPSA) is 175 Å². The van der Waals surface area contributed by atoms with E-state index in [0.29, 0.717) is 33.2 Å². The third kappa shape index (κ3) is 11.8. The van der Waals surface area contributed by atoms with Crippen LogP contribution in [-0.2, 0) is 30.0 Å². The summed E-state index contributed by atoms with van der Waals surface area (Å²) in [7, 11) is 0. The number of pyridine rings is 2. The van der Waals surface area contributed by atoms with Crippen LogP contribution in [0.3, 0.4) is 0 Å². The van der Waals surface area contributed by atoms with Gasteiger partial charge in [-0.15, -0.1) is 0 Å². The van der Waals surface area contributed by atoms with E-state index in [4.69, 9.17) is 19.8 Å². The van der Waals surface area contributed by atoms with Crippen molar-refractivity contribution in [3.8, 4) is 11.4 Å². The van der Waals surface area contributed by atoms with Gasteiger partial charge >= 0.3 is 115 Å². The number of fused-ring (bicyclic) bond motifs is 2. The number of hydrogen-bond acceptors (Lipinski definition) is 6. The van der Waals surface area contributed by atoms with Crippen LogP contribution < -0.4 is 103 Å². The second kappa shape index (κ2) is 18.4. The second-order valence-corrected chi connectivity index (χ2v) is 6.79. The SMILES string of the molecule is CC(=O)O.CC(=O)O.O=C(O)c1cc(-c2cc(C(=O)O)c3ccccc3n2)nc2ccccc12.[K+].[K+].[Pd]. The Labute approximate surface area is 310 Å². The predicted molar refractivity (Wildman–Crippen MR) is 123 cm³/mol. The largest absolute Gasteiger partial charge is 1.00 e. The van der Waals surface area contributed by atoms with Crippen LogP contribution in [0.1, 0.15) is 34.6 Å². The van der Waals surface area contributed by atoms with Gasteiger partial charge in [0.15, 0.2) is 0 Å². The van der Waals surface area contributed by atoms with Crippen LogP contribution in [0.4, 0.5) is 0 Å². The molecule has 0 saturated heterocycles. The van der Waals surface area contributed by atoms with Gasteiger partial charge < -0.3 is 20.4 Å². The molecule has 13 heteroatoms. The van der Waals surface area contributed by atoms with Crippen molar-refractivity contribution in [2.24, 2.45) is 0 Å². The molecule has 0 fully saturated rings. The van der Waals surface area contributed by atoms with Crippen LogP contribution in [-0.4, -0.2) is 54.3 Å². The quantitative estimate of drug-likeness (QED) is 0.183. The van der Waals surface area contributed by atoms with Gasteiger partial charge in [-0.05, 0) is 24.3 Å². The summed E-state index contributed by atoms with van der Waals surface area (Å²) in [6.07, 6.45) is 0. The van der Waals surface area contributed by atoms with Gasteiger partial charge in [0.25, 0.3) is 11.9 Å². The summed E-state index contributed by atoms with van der Waals surface area (Å²) in [6, 6.07) is 16.7. The third-order valence-corrected chi connectivity index (χ3v) is 4.16. The first-order valence-corrected chi connectivity index (χ1v) is 9.66. The molecule has 0 unspecified atom stereocenters. The second-order valence-electron chi connectivity index (χ2n) is 6.79. The van der Waals surface area contributed by atoms with Crippen molar-refractivity contribution in [1.82, 2.24) is 9.97 Å². The van der Waals surface area contributed by atoms with Gasteiger partial charge in [0.1, 0.15) is 0 Å². The molecule has 0 aliphatic carbocycles. The summed E-state index contributed by atoms with van der Waals surface area (Å²) >= 11 is 0. The summed E-state index contributed by atoms with van der Waals surface area (Å²) in [6.45, 7) is 2.17. The van der Waals surface area contributed by atoms with E-state index < -0.39 is 23.9 Å². The predicted octanol–water partition coefficient (Wildman–Crippen LogP) is -1.97. The minimum Gasteiger partial charge on any atom is -0.481 e. The number of rotatable bonds is 3. The molecule has 2 aromatic heterocycles. The van der Waals surface area contributed by atoms with Crippen molar-refractivity contribution in [2.75, 3.05) is 0 Å². The number of carbonyl (C=O) groups is 4. The molecule has 37 heavy (non-hydrogen) atoms. The normalized spacial score (nSPS) is 9.03. The molecule has 4 rings (SSSR count). The van der Waals surface area contributed by atoms with Gasteiger partial charge in [0.2, 0.25) is 0 Å². The number of carboxylic acid groups (broad SMARTS) is 4. The molecule has 0 radical (unpaired) electrons. The Balaban J connectivity index is 0. The fourth-order valence-electron chi connectivity index (χ4n) is 2.97. The average molecular weight is 649 g/mol. The van der Waals surface area contributed by atoms with Crippen LogP contribution in [0.25, 0.3) is 33.2 Å². The van der Waals surface area contributed by atoms with Gasteiger partial charge in [0, 0.05) is 45.0 Å². The number of carboxylic acids is 4. The maximum absolute atomic E-state index is 11.6. The number of hydrogen-bond donors (Lipinski definition) is 4. The Hall–Kier alpha value is -0.925. The number of para-hydroxylation sites is 2. The summed E-state index contributed by atoms with van der Waals surface area (Å²) in [5.74, 6) is -3.83. The number of nitrogens with zero attached hydrogens (tertiary/aromatic N) is 2. The molecule has 10 nitrogen and oxygen atoms in total. The third-order valence-electron chi connectivity index (χ3n) is 4.16. The van der Waals surface area contributed by atoms with E-state index in [9.17, 15) is 19.8 Å². The Morgan fingerprint density at radius 3 is 1.14 bits per heavy atom. The fraction of sp³-hybridized carbons (Fsp3) is 0.0833. The molecule has 4 aromatic rings. The number of benzene rings is 2. The van der Waals surface area contributed by atoms with Gasteiger partial charge in [-0.25, -0.2) is 19.6 Å². The fourth-order valence-corrected chi connectivity index (χ4v) is 2.97. The first-order chi connectivity index (χ1) is 16.0. The molecule has 0 aliphatic heterocycles. The van der Waals surface area contributed by atoms with Crippen molar-refractivity contribution in [2.45, 2.75) is 13.8 Å². The standard InChI is InChI=1S/C20H12N2O4.2C2H4O2.2K.Pd/c23-19(24)13-9-17(21-15-7-3-1-5-11(13)15)18-10-14(20(25)26)12-6-2-4-8-16(12)22-18;2*1-2(3)4;;;/h1-10H,(H,23,24)(H,25,26);2*1H3,(H,3,4);;;/q;;;2*+1;. The van der Waals surface area contributed by atoms with Gasteiger partial charge in [-0.3, -0.25) is 9.59 Å². The summed E-state index contributed by atoms with van der Waals surface area (Å²) in [5.41, 5.74) is 1.84. The molecular weight excluding hydrogens is 629 g/mol. The smallest absolute Gasteiger partial charge is 0.481 e. The molecule has 184 valence electrons. The number of aromatic nitrogens is 2. The van der Waals surface area contributed by atoms with Crippen LogP contribution in [0, 0.1) is 0 Å². The molecule has 0 aliphatic rings. The van der Waals surface area contributed by atoms with Crippen LogP contribution in [0.2, 0.25) is 0 Å². The molecule has 0 spiro atoms. The van der Waals surface area contributed by atoms with Gasteiger partial charge in [-0.2, -0.15) is 0 Å². The zero-order valence-electron chi connectivity index (χ0n) is 20.4. The minimum atomic E-state index is -1.08. The maximum Gasteiger partial charge on any atom is 1.00 e. The Morgan fingerprint density at radius 2 is 0.865 bits per heavy atom. The first-order valence-electron chi connectivity index (χ1n) is 9.66. The first kappa shape index (κ1) is 38.2. The molecule has 0 bridgehead atoms. The zero-order valence-corrected chi connectivity index (χ0v) is 28.2. The van der Waals surface area contributed by atoms with Gasteiger partial charge in [0.05, 0.1) is 33.5 Å². The minimum absolute atomic E-state index is 0. The van der Waals surface area contributed by atoms with Crippen LogP contribution in [0.15, 0.2) is 60.7 Å². The van der Waals surface area contributed by atoms with Crippen molar-refractivity contribution in [1.29, 1.82) is 0 Å².